The van der Waals surface area contributed by atoms with Gasteiger partial charge in [-0.25, -0.2) is 9.97 Å². The van der Waals surface area contributed by atoms with Crippen LogP contribution in [0.3, 0.4) is 0 Å². The van der Waals surface area contributed by atoms with Gasteiger partial charge < -0.3 is 10.3 Å². The van der Waals surface area contributed by atoms with E-state index < -0.39 is 5.91 Å². The molecule has 0 fully saturated rings. The van der Waals surface area contributed by atoms with Crippen LogP contribution in [-0.2, 0) is 21.1 Å². The fourth-order valence-electron chi connectivity index (χ4n) is 3.16. The lowest BCUT2D eigenvalue weighted by Crippen LogP contribution is -2.14. The van der Waals surface area contributed by atoms with Gasteiger partial charge in [0.15, 0.2) is 5.82 Å². The quantitative estimate of drug-likeness (QED) is 0.596. The van der Waals surface area contributed by atoms with Gasteiger partial charge in [-0.3, -0.25) is 14.2 Å². The number of carbonyl (C=O) groups is 1. The van der Waals surface area contributed by atoms with Crippen LogP contribution < -0.4 is 5.73 Å². The largest absolute Gasteiger partial charge is 0.364 e. The molecule has 4 rings (SSSR count). The average Bonchev–Trinajstić information content (AvgIpc) is 3.25. The Morgan fingerprint density at radius 3 is 2.46 bits per heavy atom. The summed E-state index contributed by atoms with van der Waals surface area (Å²) < 4.78 is 5.34. The maximum absolute atomic E-state index is 11.7. The van der Waals surface area contributed by atoms with Crippen molar-refractivity contribution in [1.29, 1.82) is 0 Å². The highest BCUT2D eigenvalue weighted by atomic mass is 16.1. The van der Waals surface area contributed by atoms with Crippen LogP contribution in [0.2, 0.25) is 0 Å². The van der Waals surface area contributed by atoms with Gasteiger partial charge in [0.25, 0.3) is 5.91 Å². The number of hydrogen-bond donors (Lipinski definition) is 1. The van der Waals surface area contributed by atoms with Gasteiger partial charge in [-0.15, -0.1) is 0 Å². The molecule has 9 nitrogen and oxygen atoms in total. The van der Waals surface area contributed by atoms with E-state index in [1.807, 2.05) is 31.8 Å². The smallest absolute Gasteiger partial charge is 0.267 e. The van der Waals surface area contributed by atoms with E-state index in [0.717, 1.165) is 27.9 Å². The van der Waals surface area contributed by atoms with Crippen molar-refractivity contribution in [2.45, 2.75) is 6.92 Å². The van der Waals surface area contributed by atoms with Crippen LogP contribution in [0.1, 0.15) is 16.1 Å². The topological polar surface area (TPSA) is 109 Å². The molecule has 0 aliphatic rings. The first-order chi connectivity index (χ1) is 12.4. The molecule has 0 saturated heterocycles. The predicted octanol–water partition coefficient (Wildman–Crippen LogP) is 1.18. The third-order valence-corrected chi connectivity index (χ3v) is 4.45. The summed E-state index contributed by atoms with van der Waals surface area (Å²) in [6, 6.07) is 1.64. The first kappa shape index (κ1) is 16.0. The van der Waals surface area contributed by atoms with E-state index in [1.54, 1.807) is 34.9 Å². The van der Waals surface area contributed by atoms with Gasteiger partial charge in [-0.05, 0) is 18.6 Å². The van der Waals surface area contributed by atoms with E-state index in [4.69, 9.17) is 10.7 Å². The zero-order valence-corrected chi connectivity index (χ0v) is 14.9. The number of rotatable bonds is 3. The molecule has 0 aliphatic heterocycles. The summed E-state index contributed by atoms with van der Waals surface area (Å²) in [4.78, 5) is 20.9. The van der Waals surface area contributed by atoms with E-state index in [2.05, 4.69) is 15.2 Å². The molecule has 4 aromatic heterocycles. The Morgan fingerprint density at radius 1 is 1.08 bits per heavy atom. The van der Waals surface area contributed by atoms with Crippen molar-refractivity contribution in [2.24, 2.45) is 26.9 Å². The molecule has 0 aliphatic carbocycles. The number of fused-ring (bicyclic) bond motifs is 1. The number of primary amides is 1. The molecule has 0 atom stereocenters. The Morgan fingerprint density at radius 2 is 1.81 bits per heavy atom. The van der Waals surface area contributed by atoms with Gasteiger partial charge in [0.2, 0.25) is 0 Å². The second kappa shape index (κ2) is 5.51. The number of imidazole rings is 1. The summed E-state index contributed by atoms with van der Waals surface area (Å²) >= 11 is 0. The van der Waals surface area contributed by atoms with Crippen molar-refractivity contribution >= 4 is 16.8 Å². The zero-order valence-electron chi connectivity index (χ0n) is 14.9. The number of aromatic nitrogens is 7. The summed E-state index contributed by atoms with van der Waals surface area (Å²) in [5.74, 6) is 0.0351. The number of amides is 1. The lowest BCUT2D eigenvalue weighted by molar-refractivity contribution is 0.0996. The predicted molar refractivity (Wildman–Crippen MR) is 96.2 cm³/mol. The highest BCUT2D eigenvalue weighted by Crippen LogP contribution is 2.29. The SMILES string of the molecule is Cc1cnn(C)c1-c1cn(C)c(-c2nc(C(N)=O)cc3c2cnn3C)n1. The van der Waals surface area contributed by atoms with Crippen molar-refractivity contribution < 1.29 is 4.79 Å². The minimum atomic E-state index is -0.591. The second-order valence-corrected chi connectivity index (χ2v) is 6.28. The summed E-state index contributed by atoms with van der Waals surface area (Å²) in [6.45, 7) is 1.99. The van der Waals surface area contributed by atoms with Crippen LogP contribution >= 0.6 is 0 Å². The Balaban J connectivity index is 1.98. The summed E-state index contributed by atoms with van der Waals surface area (Å²) in [5, 5.41) is 9.35. The van der Waals surface area contributed by atoms with Gasteiger partial charge >= 0.3 is 0 Å². The Hall–Kier alpha value is -3.49. The molecule has 0 saturated carbocycles. The van der Waals surface area contributed by atoms with E-state index >= 15 is 0 Å². The van der Waals surface area contributed by atoms with E-state index in [1.165, 1.54) is 0 Å². The number of carbonyl (C=O) groups excluding carboxylic acids is 1. The minimum absolute atomic E-state index is 0.178. The van der Waals surface area contributed by atoms with E-state index in [0.29, 0.717) is 11.5 Å². The Kier molecular flexibility index (Phi) is 3.39. The van der Waals surface area contributed by atoms with Crippen LogP contribution in [0.15, 0.2) is 24.7 Å². The number of nitrogens with two attached hydrogens (primary N) is 1. The highest BCUT2D eigenvalue weighted by molar-refractivity contribution is 5.99. The molecule has 26 heavy (non-hydrogen) atoms. The van der Waals surface area contributed by atoms with Crippen molar-refractivity contribution in [3.05, 3.63) is 35.9 Å². The highest BCUT2D eigenvalue weighted by Gasteiger charge is 2.20. The van der Waals surface area contributed by atoms with Gasteiger partial charge in [0, 0.05) is 32.7 Å². The Labute approximate surface area is 149 Å². The van der Waals surface area contributed by atoms with Crippen LogP contribution in [0, 0.1) is 6.92 Å². The molecule has 4 aromatic rings. The maximum Gasteiger partial charge on any atom is 0.267 e. The molecule has 1 amide bonds. The molecule has 0 bridgehead atoms. The lowest BCUT2D eigenvalue weighted by atomic mass is 10.2. The normalized spacial score (nSPS) is 11.4. The molecular formula is C17H18N8O. The standard InChI is InChI=1S/C17H18N8O/c1-9-6-19-25(4)15(9)12-8-23(2)17(22-12)14-10-7-20-24(3)13(10)5-11(21-14)16(18)26/h5-8H,1-4H3,(H2,18,26). The van der Waals surface area contributed by atoms with Crippen LogP contribution in [0.5, 0.6) is 0 Å². The van der Waals surface area contributed by atoms with E-state index in [-0.39, 0.29) is 5.69 Å². The average molecular weight is 350 g/mol. The number of hydrogen-bond acceptors (Lipinski definition) is 5. The van der Waals surface area contributed by atoms with Crippen molar-refractivity contribution in [2.75, 3.05) is 0 Å². The van der Waals surface area contributed by atoms with Gasteiger partial charge in [0.1, 0.15) is 17.1 Å². The second-order valence-electron chi connectivity index (χ2n) is 6.28. The molecular weight excluding hydrogens is 332 g/mol. The number of nitrogens with zero attached hydrogens (tertiary/aromatic N) is 7. The van der Waals surface area contributed by atoms with Gasteiger partial charge in [-0.2, -0.15) is 10.2 Å². The first-order valence-electron chi connectivity index (χ1n) is 8.02. The van der Waals surface area contributed by atoms with Crippen LogP contribution in [0.25, 0.3) is 33.8 Å². The summed E-state index contributed by atoms with van der Waals surface area (Å²) in [6.07, 6.45) is 5.43. The first-order valence-corrected chi connectivity index (χ1v) is 8.02. The molecule has 132 valence electrons. The molecule has 9 heteroatoms. The Bertz CT molecular complexity index is 1140. The molecule has 4 heterocycles. The van der Waals surface area contributed by atoms with Crippen LogP contribution in [-0.4, -0.2) is 40.0 Å². The van der Waals surface area contributed by atoms with E-state index in [9.17, 15) is 4.79 Å². The van der Waals surface area contributed by atoms with Crippen molar-refractivity contribution in [3.8, 4) is 22.9 Å². The van der Waals surface area contributed by atoms with Gasteiger partial charge in [0.05, 0.1) is 23.6 Å². The maximum atomic E-state index is 11.7. The fourth-order valence-corrected chi connectivity index (χ4v) is 3.16. The molecule has 0 unspecified atom stereocenters. The third-order valence-electron chi connectivity index (χ3n) is 4.45. The summed E-state index contributed by atoms with van der Waals surface area (Å²) in [7, 11) is 5.57. The minimum Gasteiger partial charge on any atom is -0.364 e. The number of pyridine rings is 1. The lowest BCUT2D eigenvalue weighted by Gasteiger charge is -2.05. The monoisotopic (exact) mass is 350 g/mol. The summed E-state index contributed by atoms with van der Waals surface area (Å²) in [5.41, 5.74) is 9.72. The van der Waals surface area contributed by atoms with Crippen molar-refractivity contribution in [1.82, 2.24) is 34.1 Å². The molecule has 0 aromatic carbocycles. The van der Waals surface area contributed by atoms with Crippen molar-refractivity contribution in [3.63, 3.8) is 0 Å². The van der Waals surface area contributed by atoms with Crippen LogP contribution in [0.4, 0.5) is 0 Å². The fraction of sp³-hybridized carbons (Fsp3) is 0.235. The zero-order chi connectivity index (χ0) is 18.6. The third kappa shape index (κ3) is 2.28. The molecule has 2 N–H and O–H groups in total. The van der Waals surface area contributed by atoms with Gasteiger partial charge in [-0.1, -0.05) is 0 Å². The molecule has 0 spiro atoms. The molecule has 0 radical (unpaired) electrons. The number of aryl methyl sites for hydroxylation is 4.